The van der Waals surface area contributed by atoms with Crippen molar-refractivity contribution in [2.24, 2.45) is 5.18 Å². The number of amides is 1. The van der Waals surface area contributed by atoms with Crippen LogP contribution in [0.4, 0.5) is 8.78 Å². The molecule has 0 saturated heterocycles. The number of hydrogen-bond acceptors (Lipinski definition) is 3. The first-order valence-electron chi connectivity index (χ1n) is 5.42. The molecule has 1 unspecified atom stereocenters. The third kappa shape index (κ3) is 2.26. The number of nitroso groups, excluding NO2 is 1. The van der Waals surface area contributed by atoms with Crippen molar-refractivity contribution in [1.82, 2.24) is 9.55 Å². The van der Waals surface area contributed by atoms with Crippen LogP contribution in [0.1, 0.15) is 29.0 Å². The van der Waals surface area contributed by atoms with Crippen LogP contribution in [0.15, 0.2) is 35.5 Å². The number of imidazole rings is 1. The first kappa shape index (κ1) is 13.0. The number of benzene rings is 1. The summed E-state index contributed by atoms with van der Waals surface area (Å²) in [6, 6.07) is 7.88. The highest BCUT2D eigenvalue weighted by atomic mass is 19.1. The highest BCUT2D eigenvalue weighted by Gasteiger charge is 2.27. The van der Waals surface area contributed by atoms with Crippen molar-refractivity contribution in [1.29, 1.82) is 0 Å². The Morgan fingerprint density at radius 2 is 1.95 bits per heavy atom. The zero-order valence-electron chi connectivity index (χ0n) is 9.88. The number of hydrogen-bond donors (Lipinski definition) is 0. The van der Waals surface area contributed by atoms with Crippen molar-refractivity contribution in [3.63, 3.8) is 0 Å². The van der Waals surface area contributed by atoms with Crippen molar-refractivity contribution in [2.45, 2.75) is 13.0 Å². The van der Waals surface area contributed by atoms with Crippen molar-refractivity contribution >= 4 is 5.91 Å². The largest absolute Gasteiger partial charge is 0.337 e. The molecular weight excluding hydrogens is 256 g/mol. The van der Waals surface area contributed by atoms with Gasteiger partial charge in [0.25, 0.3) is 6.08 Å². The zero-order valence-corrected chi connectivity index (χ0v) is 9.88. The Kier molecular flexibility index (Phi) is 3.46. The fraction of sp³-hybridized carbons (Fsp3) is 0.167. The fourth-order valence-corrected chi connectivity index (χ4v) is 1.85. The maximum Gasteiger partial charge on any atom is 0.337 e. The number of rotatable bonds is 3. The van der Waals surface area contributed by atoms with Crippen LogP contribution in [-0.2, 0) is 0 Å². The highest BCUT2D eigenvalue weighted by molar-refractivity contribution is 5.93. The minimum absolute atomic E-state index is 0.638. The smallest absolute Gasteiger partial charge is 0.286 e. The normalized spacial score (nSPS) is 12.2. The van der Waals surface area contributed by atoms with Crippen LogP contribution in [0.3, 0.4) is 0 Å². The molecule has 1 aromatic heterocycles. The van der Waals surface area contributed by atoms with Crippen LogP contribution >= 0.6 is 0 Å². The third-order valence-electron chi connectivity index (χ3n) is 2.78. The van der Waals surface area contributed by atoms with Gasteiger partial charge >= 0.3 is 5.91 Å². The second kappa shape index (κ2) is 5.05. The van der Waals surface area contributed by atoms with Crippen molar-refractivity contribution in [3.8, 4) is 0 Å². The Balaban J connectivity index is 2.56. The van der Waals surface area contributed by atoms with Crippen LogP contribution in [0.5, 0.6) is 0 Å². The van der Waals surface area contributed by atoms with E-state index in [1.54, 1.807) is 37.3 Å². The van der Waals surface area contributed by atoms with Crippen LogP contribution < -0.4 is 0 Å². The Labute approximate surface area is 106 Å². The van der Waals surface area contributed by atoms with Gasteiger partial charge in [-0.1, -0.05) is 30.3 Å². The molecule has 2 aromatic rings. The lowest BCUT2D eigenvalue weighted by Crippen LogP contribution is -2.15. The van der Waals surface area contributed by atoms with E-state index in [0.717, 1.165) is 0 Å². The molecule has 7 heteroatoms. The summed E-state index contributed by atoms with van der Waals surface area (Å²) in [5.74, 6) is -2.73. The summed E-state index contributed by atoms with van der Waals surface area (Å²) in [6.07, 6.45) is -1.18. The van der Waals surface area contributed by atoms with Gasteiger partial charge in [0.1, 0.15) is 0 Å². The van der Waals surface area contributed by atoms with E-state index in [1.165, 1.54) is 0 Å². The standard InChI is InChI=1S/C12H9F2N3O2/c1-7(8-5-3-2-4-6-8)17-9(11(18)16-19)10(13)15-12(17)14/h2-7H,1H3. The molecule has 1 heterocycles. The minimum atomic E-state index is -1.39. The van der Waals surface area contributed by atoms with Gasteiger partial charge in [-0.3, -0.25) is 9.36 Å². The quantitative estimate of drug-likeness (QED) is 0.801. The van der Waals surface area contributed by atoms with E-state index >= 15 is 0 Å². The van der Waals surface area contributed by atoms with E-state index in [-0.39, 0.29) is 0 Å². The first-order valence-corrected chi connectivity index (χ1v) is 5.42. The van der Waals surface area contributed by atoms with E-state index < -0.39 is 29.7 Å². The lowest BCUT2D eigenvalue weighted by molar-refractivity contribution is 0.0985. The molecule has 19 heavy (non-hydrogen) atoms. The molecule has 0 aliphatic heterocycles. The summed E-state index contributed by atoms with van der Waals surface area (Å²) < 4.78 is 27.7. The van der Waals surface area contributed by atoms with Crippen LogP contribution in [0, 0.1) is 16.9 Å². The molecule has 0 N–H and O–H groups in total. The topological polar surface area (TPSA) is 64.3 Å². The second-order valence-electron chi connectivity index (χ2n) is 3.87. The lowest BCUT2D eigenvalue weighted by atomic mass is 10.1. The molecule has 0 aliphatic rings. The molecule has 0 fully saturated rings. The predicted octanol–water partition coefficient (Wildman–Crippen LogP) is 2.68. The fourth-order valence-electron chi connectivity index (χ4n) is 1.85. The van der Waals surface area contributed by atoms with Crippen molar-refractivity contribution < 1.29 is 13.6 Å². The van der Waals surface area contributed by atoms with E-state index in [2.05, 4.69) is 10.2 Å². The second-order valence-corrected chi connectivity index (χ2v) is 3.87. The molecule has 0 radical (unpaired) electrons. The molecule has 0 bridgehead atoms. The molecule has 2 rings (SSSR count). The SMILES string of the molecule is CC(c1ccccc1)n1c(F)nc(F)c1C(=O)N=O. The van der Waals surface area contributed by atoms with Crippen LogP contribution in [0.2, 0.25) is 0 Å². The van der Waals surface area contributed by atoms with Gasteiger partial charge in [-0.15, -0.1) is 4.91 Å². The van der Waals surface area contributed by atoms with Crippen LogP contribution in [0.25, 0.3) is 0 Å². The average molecular weight is 265 g/mol. The van der Waals surface area contributed by atoms with Gasteiger partial charge in [-0.05, 0) is 12.5 Å². The molecule has 0 aliphatic carbocycles. The highest BCUT2D eigenvalue weighted by Crippen LogP contribution is 2.23. The van der Waals surface area contributed by atoms with Crippen molar-refractivity contribution in [2.75, 3.05) is 0 Å². The zero-order chi connectivity index (χ0) is 14.0. The Morgan fingerprint density at radius 3 is 2.53 bits per heavy atom. The van der Waals surface area contributed by atoms with Gasteiger partial charge < -0.3 is 0 Å². The van der Waals surface area contributed by atoms with Gasteiger partial charge in [0, 0.05) is 5.18 Å². The van der Waals surface area contributed by atoms with E-state index in [1.807, 2.05) is 0 Å². The number of nitrogens with zero attached hydrogens (tertiary/aromatic N) is 3. The molecule has 98 valence electrons. The number of aromatic nitrogens is 2. The molecule has 1 aromatic carbocycles. The summed E-state index contributed by atoms with van der Waals surface area (Å²) in [4.78, 5) is 24.4. The lowest BCUT2D eigenvalue weighted by Gasteiger charge is -2.15. The Hall–Kier alpha value is -2.44. The van der Waals surface area contributed by atoms with E-state index in [9.17, 15) is 18.5 Å². The maximum absolute atomic E-state index is 13.6. The average Bonchev–Trinajstić information content (AvgIpc) is 2.72. The van der Waals surface area contributed by atoms with Gasteiger partial charge in [0.15, 0.2) is 5.69 Å². The minimum Gasteiger partial charge on any atom is -0.286 e. The molecular formula is C12H9F2N3O2. The summed E-state index contributed by atoms with van der Waals surface area (Å²) in [5.41, 5.74) is -0.136. The molecule has 0 saturated carbocycles. The summed E-state index contributed by atoms with van der Waals surface area (Å²) in [7, 11) is 0. The molecule has 0 spiro atoms. The third-order valence-corrected chi connectivity index (χ3v) is 2.78. The number of carbonyl (C=O) groups is 1. The molecule has 1 atom stereocenters. The maximum atomic E-state index is 13.6. The van der Waals surface area contributed by atoms with Gasteiger partial charge in [-0.2, -0.15) is 13.8 Å². The summed E-state index contributed by atoms with van der Waals surface area (Å²) >= 11 is 0. The summed E-state index contributed by atoms with van der Waals surface area (Å²) in [5, 5.41) is 2.11. The monoisotopic (exact) mass is 265 g/mol. The molecule has 5 nitrogen and oxygen atoms in total. The van der Waals surface area contributed by atoms with Gasteiger partial charge in [0.05, 0.1) is 6.04 Å². The molecule has 1 amide bonds. The number of carbonyl (C=O) groups excluding carboxylic acids is 1. The van der Waals surface area contributed by atoms with E-state index in [4.69, 9.17) is 0 Å². The van der Waals surface area contributed by atoms with E-state index in [0.29, 0.717) is 10.1 Å². The van der Waals surface area contributed by atoms with Gasteiger partial charge in [0.2, 0.25) is 5.95 Å². The summed E-state index contributed by atoms with van der Waals surface area (Å²) in [6.45, 7) is 1.56. The van der Waals surface area contributed by atoms with Gasteiger partial charge in [-0.25, -0.2) is 0 Å². The Bertz CT molecular complexity index is 625. The predicted molar refractivity (Wildman–Crippen MR) is 62.5 cm³/mol. The Morgan fingerprint density at radius 1 is 1.32 bits per heavy atom. The van der Waals surface area contributed by atoms with Crippen molar-refractivity contribution in [3.05, 3.63) is 58.5 Å². The van der Waals surface area contributed by atoms with Crippen LogP contribution in [-0.4, -0.2) is 15.5 Å². The first-order chi connectivity index (χ1) is 9.06. The number of halogens is 2.